The van der Waals surface area contributed by atoms with Gasteiger partial charge in [0.25, 0.3) is 0 Å². The van der Waals surface area contributed by atoms with Crippen LogP contribution in [-0.4, -0.2) is 41.2 Å². The highest BCUT2D eigenvalue weighted by atomic mass is 16.5. The molecule has 2 heterocycles. The molecule has 7 nitrogen and oxygen atoms in total. The van der Waals surface area contributed by atoms with Crippen LogP contribution in [0.25, 0.3) is 0 Å². The standard InChI is InChI=1S/C12H15N5O2/c1-17(8-9-4-6-13-7-5-9)10-14-11(18-2)16-12(15-10)19-3/h4-7H,8H2,1-3H3. The third-order valence-electron chi connectivity index (χ3n) is 2.46. The molecule has 0 aliphatic rings. The molecule has 0 fully saturated rings. The van der Waals surface area contributed by atoms with Crippen LogP contribution < -0.4 is 14.4 Å². The van der Waals surface area contributed by atoms with Crippen molar-refractivity contribution in [1.82, 2.24) is 19.9 Å². The van der Waals surface area contributed by atoms with Gasteiger partial charge in [0, 0.05) is 26.0 Å². The van der Waals surface area contributed by atoms with Crippen molar-refractivity contribution in [2.75, 3.05) is 26.2 Å². The molecule has 0 amide bonds. The zero-order valence-corrected chi connectivity index (χ0v) is 11.1. The molecule has 0 aliphatic carbocycles. The third-order valence-corrected chi connectivity index (χ3v) is 2.46. The van der Waals surface area contributed by atoms with Crippen molar-refractivity contribution in [3.05, 3.63) is 30.1 Å². The number of methoxy groups -OCH3 is 2. The van der Waals surface area contributed by atoms with Crippen LogP contribution >= 0.6 is 0 Å². The average molecular weight is 261 g/mol. The number of anilines is 1. The SMILES string of the molecule is COc1nc(OC)nc(N(C)Cc2ccncc2)n1. The van der Waals surface area contributed by atoms with Gasteiger partial charge in [-0.15, -0.1) is 4.98 Å². The predicted octanol–water partition coefficient (Wildman–Crippen LogP) is 0.920. The molecule has 0 atom stereocenters. The lowest BCUT2D eigenvalue weighted by Crippen LogP contribution is -2.20. The summed E-state index contributed by atoms with van der Waals surface area (Å²) < 4.78 is 10.0. The van der Waals surface area contributed by atoms with Crippen molar-refractivity contribution in [3.8, 4) is 12.0 Å². The van der Waals surface area contributed by atoms with Gasteiger partial charge in [0.15, 0.2) is 0 Å². The van der Waals surface area contributed by atoms with E-state index < -0.39 is 0 Å². The van der Waals surface area contributed by atoms with Crippen LogP contribution in [0.4, 0.5) is 5.95 Å². The summed E-state index contributed by atoms with van der Waals surface area (Å²) in [7, 11) is 4.89. The number of aromatic nitrogens is 4. The van der Waals surface area contributed by atoms with Gasteiger partial charge in [0.2, 0.25) is 5.95 Å². The second-order valence-electron chi connectivity index (χ2n) is 3.82. The van der Waals surface area contributed by atoms with Crippen LogP contribution in [0, 0.1) is 0 Å². The van der Waals surface area contributed by atoms with Crippen LogP contribution in [0.3, 0.4) is 0 Å². The van der Waals surface area contributed by atoms with Crippen molar-refractivity contribution >= 4 is 5.95 Å². The maximum absolute atomic E-state index is 5.02. The van der Waals surface area contributed by atoms with Crippen LogP contribution in [0.5, 0.6) is 12.0 Å². The normalized spacial score (nSPS) is 10.1. The maximum atomic E-state index is 5.02. The smallest absolute Gasteiger partial charge is 0.324 e. The molecule has 0 N–H and O–H groups in total. The Labute approximate surface area is 111 Å². The summed E-state index contributed by atoms with van der Waals surface area (Å²) in [4.78, 5) is 18.2. The van der Waals surface area contributed by atoms with Gasteiger partial charge in [-0.3, -0.25) is 4.98 Å². The van der Waals surface area contributed by atoms with Crippen molar-refractivity contribution in [2.45, 2.75) is 6.54 Å². The summed E-state index contributed by atoms with van der Waals surface area (Å²) in [6, 6.07) is 4.32. The molecule has 2 rings (SSSR count). The van der Waals surface area contributed by atoms with Gasteiger partial charge >= 0.3 is 12.0 Å². The highest BCUT2D eigenvalue weighted by Gasteiger charge is 2.11. The van der Waals surface area contributed by atoms with E-state index in [0.29, 0.717) is 12.5 Å². The van der Waals surface area contributed by atoms with E-state index in [1.807, 2.05) is 24.1 Å². The fourth-order valence-electron chi connectivity index (χ4n) is 1.51. The van der Waals surface area contributed by atoms with E-state index in [1.165, 1.54) is 14.2 Å². The number of hydrogen-bond donors (Lipinski definition) is 0. The molecule has 0 aliphatic heterocycles. The van der Waals surface area contributed by atoms with E-state index in [9.17, 15) is 0 Å². The average Bonchev–Trinajstić information content (AvgIpc) is 2.47. The van der Waals surface area contributed by atoms with Gasteiger partial charge in [-0.1, -0.05) is 0 Å². The summed E-state index contributed by atoms with van der Waals surface area (Å²) in [5.74, 6) is 0.487. The lowest BCUT2D eigenvalue weighted by molar-refractivity contribution is 0.340. The maximum Gasteiger partial charge on any atom is 0.324 e. The first kappa shape index (κ1) is 13.0. The summed E-state index contributed by atoms with van der Waals surface area (Å²) in [6.45, 7) is 0.652. The molecule has 0 saturated heterocycles. The van der Waals surface area contributed by atoms with Crippen LogP contribution in [-0.2, 0) is 6.54 Å². The first-order valence-electron chi connectivity index (χ1n) is 5.67. The van der Waals surface area contributed by atoms with Crippen LogP contribution in [0.15, 0.2) is 24.5 Å². The molecule has 0 saturated carbocycles. The van der Waals surface area contributed by atoms with Crippen molar-refractivity contribution in [2.24, 2.45) is 0 Å². The van der Waals surface area contributed by atoms with Crippen LogP contribution in [0.1, 0.15) is 5.56 Å². The van der Waals surface area contributed by atoms with Gasteiger partial charge in [-0.2, -0.15) is 9.97 Å². The van der Waals surface area contributed by atoms with Gasteiger partial charge in [-0.05, 0) is 17.7 Å². The minimum absolute atomic E-state index is 0.225. The first-order valence-corrected chi connectivity index (χ1v) is 5.67. The quantitative estimate of drug-likeness (QED) is 0.792. The topological polar surface area (TPSA) is 73.3 Å². The second kappa shape index (κ2) is 5.94. The minimum Gasteiger partial charge on any atom is -0.467 e. The Balaban J connectivity index is 2.20. The zero-order valence-electron chi connectivity index (χ0n) is 11.1. The number of hydrogen-bond acceptors (Lipinski definition) is 7. The Bertz CT molecular complexity index is 513. The molecule has 2 aromatic rings. The Morgan fingerprint density at radius 2 is 1.58 bits per heavy atom. The molecule has 0 unspecified atom stereocenters. The summed E-state index contributed by atoms with van der Waals surface area (Å²) >= 11 is 0. The largest absolute Gasteiger partial charge is 0.467 e. The number of rotatable bonds is 5. The monoisotopic (exact) mass is 261 g/mol. The molecule has 0 aromatic carbocycles. The molecular formula is C12H15N5O2. The highest BCUT2D eigenvalue weighted by Crippen LogP contribution is 2.16. The van der Waals surface area contributed by atoms with E-state index in [-0.39, 0.29) is 12.0 Å². The van der Waals surface area contributed by atoms with Crippen molar-refractivity contribution in [1.29, 1.82) is 0 Å². The Morgan fingerprint density at radius 3 is 2.11 bits per heavy atom. The second-order valence-corrected chi connectivity index (χ2v) is 3.82. The number of nitrogens with zero attached hydrogens (tertiary/aromatic N) is 5. The van der Waals surface area contributed by atoms with E-state index >= 15 is 0 Å². The third kappa shape index (κ3) is 3.27. The molecule has 0 spiro atoms. The molecule has 0 bridgehead atoms. The lowest BCUT2D eigenvalue weighted by Gasteiger charge is -2.17. The lowest BCUT2D eigenvalue weighted by atomic mass is 10.2. The summed E-state index contributed by atoms with van der Waals surface area (Å²) in [5.41, 5.74) is 1.11. The summed E-state index contributed by atoms with van der Waals surface area (Å²) in [5, 5.41) is 0. The number of ether oxygens (including phenoxy) is 2. The van der Waals surface area contributed by atoms with Crippen molar-refractivity contribution < 1.29 is 9.47 Å². The zero-order chi connectivity index (χ0) is 13.7. The Morgan fingerprint density at radius 1 is 1.00 bits per heavy atom. The molecule has 2 aromatic heterocycles. The first-order chi connectivity index (χ1) is 9.22. The molecule has 7 heteroatoms. The fourth-order valence-corrected chi connectivity index (χ4v) is 1.51. The Hall–Kier alpha value is -2.44. The van der Waals surface area contributed by atoms with E-state index in [0.717, 1.165) is 5.56 Å². The molecular weight excluding hydrogens is 246 g/mol. The van der Waals surface area contributed by atoms with Crippen LogP contribution in [0.2, 0.25) is 0 Å². The Kier molecular flexibility index (Phi) is 4.07. The molecule has 19 heavy (non-hydrogen) atoms. The van der Waals surface area contributed by atoms with E-state index in [1.54, 1.807) is 12.4 Å². The number of pyridine rings is 1. The highest BCUT2D eigenvalue weighted by molar-refractivity contribution is 5.32. The molecule has 100 valence electrons. The minimum atomic E-state index is 0.225. The fraction of sp³-hybridized carbons (Fsp3) is 0.333. The molecule has 0 radical (unpaired) electrons. The van der Waals surface area contributed by atoms with E-state index in [4.69, 9.17) is 9.47 Å². The van der Waals surface area contributed by atoms with Gasteiger partial charge < -0.3 is 14.4 Å². The van der Waals surface area contributed by atoms with Gasteiger partial charge in [0.1, 0.15) is 0 Å². The van der Waals surface area contributed by atoms with E-state index in [2.05, 4.69) is 19.9 Å². The predicted molar refractivity (Wildman–Crippen MR) is 69.3 cm³/mol. The van der Waals surface area contributed by atoms with Crippen molar-refractivity contribution in [3.63, 3.8) is 0 Å². The summed E-state index contributed by atoms with van der Waals surface area (Å²) in [6.07, 6.45) is 3.50. The van der Waals surface area contributed by atoms with Gasteiger partial charge in [-0.25, -0.2) is 0 Å². The van der Waals surface area contributed by atoms with Gasteiger partial charge in [0.05, 0.1) is 14.2 Å².